The number of hydrogen-bond acceptors (Lipinski definition) is 3. The Balaban J connectivity index is 1.67. The molecule has 1 N–H and O–H groups in total. The van der Waals surface area contributed by atoms with Crippen molar-refractivity contribution in [2.75, 3.05) is 18.4 Å². The SMILES string of the molecule is Cc1ccc(NC(=O)C2CCCN(S(=O)(=O)Cc3ccc(Cl)cc3Cl)C2)cc1. The van der Waals surface area contributed by atoms with Crippen LogP contribution in [0.15, 0.2) is 42.5 Å². The van der Waals surface area contributed by atoms with Crippen molar-refractivity contribution in [1.29, 1.82) is 0 Å². The molecule has 0 spiro atoms. The number of nitrogens with zero attached hydrogens (tertiary/aromatic N) is 1. The molecule has 0 saturated carbocycles. The van der Waals surface area contributed by atoms with Crippen molar-refractivity contribution in [2.24, 2.45) is 5.92 Å². The Bertz CT molecular complexity index is 962. The molecule has 0 radical (unpaired) electrons. The number of nitrogens with one attached hydrogen (secondary N) is 1. The molecule has 1 aliphatic heterocycles. The van der Waals surface area contributed by atoms with Gasteiger partial charge in [-0.05, 0) is 49.6 Å². The molecule has 1 heterocycles. The van der Waals surface area contributed by atoms with E-state index in [2.05, 4.69) is 5.32 Å². The van der Waals surface area contributed by atoms with Gasteiger partial charge in [0, 0.05) is 28.8 Å². The molecule has 3 rings (SSSR count). The maximum Gasteiger partial charge on any atom is 0.228 e. The van der Waals surface area contributed by atoms with Gasteiger partial charge in [-0.25, -0.2) is 12.7 Å². The Labute approximate surface area is 175 Å². The topological polar surface area (TPSA) is 66.5 Å². The van der Waals surface area contributed by atoms with Crippen LogP contribution in [0.4, 0.5) is 5.69 Å². The average Bonchev–Trinajstić information content (AvgIpc) is 2.66. The summed E-state index contributed by atoms with van der Waals surface area (Å²) in [6.45, 7) is 2.55. The predicted molar refractivity (Wildman–Crippen MR) is 113 cm³/mol. The van der Waals surface area contributed by atoms with Crippen LogP contribution in [0.2, 0.25) is 10.0 Å². The van der Waals surface area contributed by atoms with E-state index in [1.807, 2.05) is 31.2 Å². The van der Waals surface area contributed by atoms with Crippen LogP contribution in [0.1, 0.15) is 24.0 Å². The van der Waals surface area contributed by atoms with Gasteiger partial charge in [0.2, 0.25) is 15.9 Å². The largest absolute Gasteiger partial charge is 0.326 e. The van der Waals surface area contributed by atoms with Gasteiger partial charge < -0.3 is 5.32 Å². The lowest BCUT2D eigenvalue weighted by Crippen LogP contribution is -2.44. The van der Waals surface area contributed by atoms with Gasteiger partial charge in [-0.3, -0.25) is 4.79 Å². The molecule has 150 valence electrons. The summed E-state index contributed by atoms with van der Waals surface area (Å²) in [7, 11) is -3.59. The molecule has 1 fully saturated rings. The number of anilines is 1. The lowest BCUT2D eigenvalue weighted by Gasteiger charge is -2.31. The van der Waals surface area contributed by atoms with Crippen molar-refractivity contribution in [3.63, 3.8) is 0 Å². The van der Waals surface area contributed by atoms with E-state index in [9.17, 15) is 13.2 Å². The van der Waals surface area contributed by atoms with Gasteiger partial charge in [0.1, 0.15) is 0 Å². The van der Waals surface area contributed by atoms with Gasteiger partial charge in [0.15, 0.2) is 0 Å². The number of carbonyl (C=O) groups excluding carboxylic acids is 1. The van der Waals surface area contributed by atoms with Gasteiger partial charge in [-0.2, -0.15) is 0 Å². The van der Waals surface area contributed by atoms with Gasteiger partial charge in [-0.1, -0.05) is 47.0 Å². The summed E-state index contributed by atoms with van der Waals surface area (Å²) in [5, 5.41) is 3.66. The Morgan fingerprint density at radius 2 is 1.89 bits per heavy atom. The van der Waals surface area contributed by atoms with Crippen molar-refractivity contribution >= 4 is 44.8 Å². The van der Waals surface area contributed by atoms with Crippen molar-refractivity contribution < 1.29 is 13.2 Å². The number of carbonyl (C=O) groups is 1. The lowest BCUT2D eigenvalue weighted by atomic mass is 9.98. The second kappa shape index (κ2) is 8.82. The Morgan fingerprint density at radius 3 is 2.57 bits per heavy atom. The van der Waals surface area contributed by atoms with E-state index in [-0.39, 0.29) is 24.1 Å². The highest BCUT2D eigenvalue weighted by atomic mass is 35.5. The molecular weight excluding hydrogens is 419 g/mol. The monoisotopic (exact) mass is 440 g/mol. The molecule has 1 atom stereocenters. The second-order valence-corrected chi connectivity index (χ2v) is 9.86. The summed E-state index contributed by atoms with van der Waals surface area (Å²) in [4.78, 5) is 12.6. The second-order valence-electron chi connectivity index (χ2n) is 7.04. The highest BCUT2D eigenvalue weighted by molar-refractivity contribution is 7.88. The zero-order valence-electron chi connectivity index (χ0n) is 15.5. The third-order valence-corrected chi connectivity index (χ3v) is 7.20. The first-order valence-corrected chi connectivity index (χ1v) is 11.4. The summed E-state index contributed by atoms with van der Waals surface area (Å²) in [5.74, 6) is -0.756. The van der Waals surface area contributed by atoms with E-state index in [1.54, 1.807) is 12.1 Å². The molecule has 2 aromatic rings. The number of sulfonamides is 1. The molecule has 1 amide bonds. The molecule has 0 bridgehead atoms. The first-order valence-electron chi connectivity index (χ1n) is 9.04. The zero-order valence-corrected chi connectivity index (χ0v) is 17.8. The van der Waals surface area contributed by atoms with Crippen molar-refractivity contribution in [3.8, 4) is 0 Å². The molecule has 0 aliphatic carbocycles. The smallest absolute Gasteiger partial charge is 0.228 e. The maximum atomic E-state index is 12.9. The molecule has 5 nitrogen and oxygen atoms in total. The third kappa shape index (κ3) is 5.26. The molecular formula is C20H22Cl2N2O3S. The number of piperidine rings is 1. The standard InChI is InChI=1S/C20H22Cl2N2O3S/c1-14-4-8-18(9-5-14)23-20(25)15-3-2-10-24(12-15)28(26,27)13-16-6-7-17(21)11-19(16)22/h4-9,11,15H,2-3,10,12-13H2,1H3,(H,23,25). The maximum absolute atomic E-state index is 12.9. The molecule has 2 aromatic carbocycles. The summed E-state index contributed by atoms with van der Waals surface area (Å²) in [5.41, 5.74) is 2.31. The molecule has 28 heavy (non-hydrogen) atoms. The van der Waals surface area contributed by atoms with Crippen molar-refractivity contribution in [2.45, 2.75) is 25.5 Å². The van der Waals surface area contributed by atoms with Crippen LogP contribution in [-0.2, 0) is 20.6 Å². The van der Waals surface area contributed by atoms with Crippen molar-refractivity contribution in [3.05, 3.63) is 63.6 Å². The number of rotatable bonds is 5. The lowest BCUT2D eigenvalue weighted by molar-refractivity contribution is -0.120. The number of hydrogen-bond donors (Lipinski definition) is 1. The highest BCUT2D eigenvalue weighted by Crippen LogP contribution is 2.26. The Hall–Kier alpha value is -1.60. The summed E-state index contributed by atoms with van der Waals surface area (Å²) in [6.07, 6.45) is 1.30. The van der Waals surface area contributed by atoms with Crippen LogP contribution in [0.25, 0.3) is 0 Å². The Kier molecular flexibility index (Phi) is 6.65. The van der Waals surface area contributed by atoms with E-state index in [1.165, 1.54) is 10.4 Å². The minimum Gasteiger partial charge on any atom is -0.326 e. The fourth-order valence-electron chi connectivity index (χ4n) is 3.22. The van der Waals surface area contributed by atoms with Crippen LogP contribution in [0.3, 0.4) is 0 Å². The fourth-order valence-corrected chi connectivity index (χ4v) is 5.41. The first-order chi connectivity index (χ1) is 13.2. The first kappa shape index (κ1) is 21.1. The summed E-state index contributed by atoms with van der Waals surface area (Å²) in [6, 6.07) is 12.3. The van der Waals surface area contributed by atoms with E-state index in [0.29, 0.717) is 40.7 Å². The molecule has 1 aliphatic rings. The Morgan fingerprint density at radius 1 is 1.18 bits per heavy atom. The zero-order chi connectivity index (χ0) is 20.3. The van der Waals surface area contributed by atoms with E-state index < -0.39 is 10.0 Å². The normalized spacial score (nSPS) is 18.0. The van der Waals surface area contributed by atoms with Crippen LogP contribution in [0, 0.1) is 12.8 Å². The van der Waals surface area contributed by atoms with Gasteiger partial charge >= 0.3 is 0 Å². The van der Waals surface area contributed by atoms with Crippen LogP contribution < -0.4 is 5.32 Å². The number of benzene rings is 2. The summed E-state index contributed by atoms with van der Waals surface area (Å²) >= 11 is 12.0. The predicted octanol–water partition coefficient (Wildman–Crippen LogP) is 4.48. The number of aryl methyl sites for hydroxylation is 1. The number of halogens is 2. The van der Waals surface area contributed by atoms with E-state index in [4.69, 9.17) is 23.2 Å². The quantitative estimate of drug-likeness (QED) is 0.744. The molecule has 0 aromatic heterocycles. The van der Waals surface area contributed by atoms with Gasteiger partial charge in [0.25, 0.3) is 0 Å². The van der Waals surface area contributed by atoms with Gasteiger partial charge in [-0.15, -0.1) is 0 Å². The van der Waals surface area contributed by atoms with Gasteiger partial charge in [0.05, 0.1) is 11.7 Å². The van der Waals surface area contributed by atoms with Crippen LogP contribution in [0.5, 0.6) is 0 Å². The van der Waals surface area contributed by atoms with E-state index in [0.717, 1.165) is 5.56 Å². The third-order valence-electron chi connectivity index (χ3n) is 4.82. The van der Waals surface area contributed by atoms with E-state index >= 15 is 0 Å². The minimum absolute atomic E-state index is 0.159. The van der Waals surface area contributed by atoms with Crippen LogP contribution >= 0.6 is 23.2 Å². The number of amides is 1. The minimum atomic E-state index is -3.59. The molecule has 8 heteroatoms. The average molecular weight is 441 g/mol. The fraction of sp³-hybridized carbons (Fsp3) is 0.350. The highest BCUT2D eigenvalue weighted by Gasteiger charge is 2.32. The van der Waals surface area contributed by atoms with Crippen molar-refractivity contribution in [1.82, 2.24) is 4.31 Å². The molecule has 1 unspecified atom stereocenters. The summed E-state index contributed by atoms with van der Waals surface area (Å²) < 4.78 is 27.1. The molecule has 1 saturated heterocycles. The van der Waals surface area contributed by atoms with Crippen LogP contribution in [-0.4, -0.2) is 31.7 Å².